The summed E-state index contributed by atoms with van der Waals surface area (Å²) in [5.41, 5.74) is 3.45. The lowest BCUT2D eigenvalue weighted by atomic mass is 10.2. The lowest BCUT2D eigenvalue weighted by Gasteiger charge is -2.37. The van der Waals surface area contributed by atoms with Crippen LogP contribution in [-0.4, -0.2) is 62.3 Å². The van der Waals surface area contributed by atoms with Gasteiger partial charge in [-0.3, -0.25) is 9.58 Å². The Bertz CT molecular complexity index is 636. The summed E-state index contributed by atoms with van der Waals surface area (Å²) in [6.45, 7) is 6.09. The van der Waals surface area contributed by atoms with Crippen LogP contribution in [0.2, 0.25) is 0 Å². The van der Waals surface area contributed by atoms with Crippen LogP contribution in [0, 0.1) is 0 Å². The van der Waals surface area contributed by atoms with Crippen molar-refractivity contribution in [1.29, 1.82) is 0 Å². The highest BCUT2D eigenvalue weighted by Crippen LogP contribution is 2.19. The summed E-state index contributed by atoms with van der Waals surface area (Å²) in [4.78, 5) is 13.9. The summed E-state index contributed by atoms with van der Waals surface area (Å²) in [5.74, 6) is 6.97. The number of rotatable bonds is 3. The first-order chi connectivity index (χ1) is 10.1. The van der Waals surface area contributed by atoms with Gasteiger partial charge >= 0.3 is 0 Å². The third kappa shape index (κ3) is 2.69. The molecule has 0 amide bonds. The molecule has 21 heavy (non-hydrogen) atoms. The highest BCUT2D eigenvalue weighted by Gasteiger charge is 2.22. The molecule has 114 valence electrons. The Balaban J connectivity index is 1.85. The third-order valence-electron chi connectivity index (χ3n) is 4.18. The summed E-state index contributed by atoms with van der Waals surface area (Å²) in [5, 5.41) is 5.06. The number of piperazine rings is 1. The highest BCUT2D eigenvalue weighted by molar-refractivity contribution is 5.86. The van der Waals surface area contributed by atoms with Gasteiger partial charge in [0.15, 0.2) is 11.5 Å². The first kappa shape index (κ1) is 14.2. The van der Waals surface area contributed by atoms with E-state index in [-0.39, 0.29) is 0 Å². The quantitative estimate of drug-likeness (QED) is 0.597. The van der Waals surface area contributed by atoms with Crippen molar-refractivity contribution in [3.8, 4) is 0 Å². The summed E-state index contributed by atoms with van der Waals surface area (Å²) < 4.78 is 1.74. The van der Waals surface area contributed by atoms with Gasteiger partial charge in [0.05, 0.1) is 18.1 Å². The molecule has 8 heteroatoms. The number of hydrogen-bond acceptors (Lipinski definition) is 7. The zero-order chi connectivity index (χ0) is 15.0. The predicted octanol–water partition coefficient (Wildman–Crippen LogP) is -0.215. The zero-order valence-electron chi connectivity index (χ0n) is 12.7. The second-order valence-corrected chi connectivity index (χ2v) is 5.70. The number of nitrogens with zero attached hydrogens (tertiary/aromatic N) is 6. The Morgan fingerprint density at radius 2 is 2.14 bits per heavy atom. The van der Waals surface area contributed by atoms with Crippen LogP contribution in [-0.2, 0) is 13.6 Å². The van der Waals surface area contributed by atoms with Crippen LogP contribution in [0.15, 0.2) is 6.20 Å². The van der Waals surface area contributed by atoms with E-state index < -0.39 is 0 Å². The minimum absolute atomic E-state index is 0.547. The molecule has 8 nitrogen and oxygen atoms in total. The number of likely N-dealkylation sites (N-methyl/N-ethyl adjacent to an activating group) is 1. The van der Waals surface area contributed by atoms with Crippen molar-refractivity contribution in [1.82, 2.24) is 29.5 Å². The second-order valence-electron chi connectivity index (χ2n) is 5.70. The number of fused-ring (bicyclic) bond motifs is 1. The maximum absolute atomic E-state index is 5.57. The average molecular weight is 290 g/mol. The van der Waals surface area contributed by atoms with Gasteiger partial charge in [0, 0.05) is 32.7 Å². The molecule has 2 aromatic rings. The van der Waals surface area contributed by atoms with Crippen LogP contribution < -0.4 is 11.3 Å². The van der Waals surface area contributed by atoms with E-state index in [2.05, 4.69) is 44.3 Å². The van der Waals surface area contributed by atoms with Crippen molar-refractivity contribution in [2.75, 3.05) is 32.1 Å². The van der Waals surface area contributed by atoms with E-state index in [0.717, 1.165) is 43.0 Å². The number of hydrogen-bond donors (Lipinski definition) is 2. The third-order valence-corrected chi connectivity index (χ3v) is 4.18. The van der Waals surface area contributed by atoms with Crippen LogP contribution >= 0.6 is 0 Å². The Hall–Kier alpha value is -1.77. The maximum atomic E-state index is 5.57. The molecule has 1 aliphatic rings. The number of nitrogens with two attached hydrogens (primary N) is 1. The lowest BCUT2D eigenvalue weighted by Crippen LogP contribution is -2.49. The number of hydrazine groups is 1. The highest BCUT2D eigenvalue weighted by atomic mass is 15.3. The van der Waals surface area contributed by atoms with Gasteiger partial charge in [-0.15, -0.1) is 0 Å². The molecule has 0 saturated carbocycles. The Kier molecular flexibility index (Phi) is 3.75. The molecule has 0 spiro atoms. The van der Waals surface area contributed by atoms with E-state index in [9.17, 15) is 0 Å². The fourth-order valence-corrected chi connectivity index (χ4v) is 2.72. The molecule has 2 aromatic heterocycles. The second kappa shape index (κ2) is 5.55. The van der Waals surface area contributed by atoms with Gasteiger partial charge in [-0.25, -0.2) is 15.8 Å². The molecule has 1 fully saturated rings. The molecule has 0 bridgehead atoms. The Morgan fingerprint density at radius 1 is 1.33 bits per heavy atom. The Morgan fingerprint density at radius 3 is 2.86 bits per heavy atom. The Labute approximate surface area is 123 Å². The fourth-order valence-electron chi connectivity index (χ4n) is 2.72. The number of aryl methyl sites for hydroxylation is 1. The van der Waals surface area contributed by atoms with Crippen LogP contribution in [0.4, 0.5) is 5.82 Å². The molecule has 1 unspecified atom stereocenters. The molecule has 1 aliphatic heterocycles. The first-order valence-electron chi connectivity index (χ1n) is 7.16. The summed E-state index contributed by atoms with van der Waals surface area (Å²) in [7, 11) is 4.04. The van der Waals surface area contributed by atoms with Gasteiger partial charge in [0.2, 0.25) is 0 Å². The van der Waals surface area contributed by atoms with Gasteiger partial charge in [-0.1, -0.05) is 0 Å². The molecule has 0 aliphatic carbocycles. The average Bonchev–Trinajstić information content (AvgIpc) is 2.84. The lowest BCUT2D eigenvalue weighted by molar-refractivity contribution is 0.0981. The van der Waals surface area contributed by atoms with Crippen molar-refractivity contribution in [2.24, 2.45) is 12.9 Å². The monoisotopic (exact) mass is 290 g/mol. The minimum Gasteiger partial charge on any atom is -0.308 e. The molecular formula is C13H22N8. The molecule has 3 rings (SSSR count). The van der Waals surface area contributed by atoms with E-state index >= 15 is 0 Å². The molecule has 3 N–H and O–H groups in total. The minimum atomic E-state index is 0.547. The largest absolute Gasteiger partial charge is 0.308 e. The van der Waals surface area contributed by atoms with Crippen molar-refractivity contribution < 1.29 is 0 Å². The molecule has 0 radical (unpaired) electrons. The van der Waals surface area contributed by atoms with Crippen LogP contribution in [0.3, 0.4) is 0 Å². The number of nitrogens with one attached hydrogen (secondary N) is 1. The van der Waals surface area contributed by atoms with Gasteiger partial charge in [-0.2, -0.15) is 5.10 Å². The summed E-state index contributed by atoms with van der Waals surface area (Å²) in [6.07, 6.45) is 1.73. The van der Waals surface area contributed by atoms with Crippen molar-refractivity contribution in [2.45, 2.75) is 19.5 Å². The molecule has 1 atom stereocenters. The van der Waals surface area contributed by atoms with Crippen LogP contribution in [0.5, 0.6) is 0 Å². The molecular weight excluding hydrogens is 268 g/mol. The standard InChI is InChI=1S/C13H22N8/c1-9-7-21(5-4-19(9)2)8-11-16-12(18-14)10-6-15-20(3)13(10)17-11/h6,9H,4-5,7-8,14H2,1-3H3,(H,16,17,18). The van der Waals surface area contributed by atoms with E-state index in [1.165, 1.54) is 0 Å². The molecule has 3 heterocycles. The van der Waals surface area contributed by atoms with Gasteiger partial charge < -0.3 is 10.3 Å². The zero-order valence-corrected chi connectivity index (χ0v) is 12.7. The van der Waals surface area contributed by atoms with Gasteiger partial charge in [0.25, 0.3) is 0 Å². The fraction of sp³-hybridized carbons (Fsp3) is 0.615. The normalized spacial score (nSPS) is 21.0. The van der Waals surface area contributed by atoms with Gasteiger partial charge in [0.1, 0.15) is 5.82 Å². The van der Waals surface area contributed by atoms with Crippen molar-refractivity contribution in [3.05, 3.63) is 12.0 Å². The molecule has 0 aromatic carbocycles. The molecule has 1 saturated heterocycles. The smallest absolute Gasteiger partial charge is 0.163 e. The number of nitrogen functional groups attached to an aromatic ring is 1. The van der Waals surface area contributed by atoms with Gasteiger partial charge in [-0.05, 0) is 14.0 Å². The van der Waals surface area contributed by atoms with Crippen molar-refractivity contribution in [3.63, 3.8) is 0 Å². The summed E-state index contributed by atoms with van der Waals surface area (Å²) in [6, 6.07) is 0.547. The maximum Gasteiger partial charge on any atom is 0.163 e. The summed E-state index contributed by atoms with van der Waals surface area (Å²) >= 11 is 0. The van der Waals surface area contributed by atoms with E-state index in [0.29, 0.717) is 11.9 Å². The van der Waals surface area contributed by atoms with E-state index in [4.69, 9.17) is 5.84 Å². The number of aromatic nitrogens is 4. The number of anilines is 1. The predicted molar refractivity (Wildman–Crippen MR) is 81.5 cm³/mol. The van der Waals surface area contributed by atoms with Crippen LogP contribution in [0.25, 0.3) is 11.0 Å². The topological polar surface area (TPSA) is 88.1 Å². The van der Waals surface area contributed by atoms with Crippen LogP contribution in [0.1, 0.15) is 12.7 Å². The SMILES string of the molecule is CC1CN(Cc2nc(NN)c3cnn(C)c3n2)CCN1C. The van der Waals surface area contributed by atoms with E-state index in [1.807, 2.05) is 7.05 Å². The van der Waals surface area contributed by atoms with Crippen molar-refractivity contribution >= 4 is 16.9 Å². The van der Waals surface area contributed by atoms with E-state index in [1.54, 1.807) is 10.9 Å². The first-order valence-corrected chi connectivity index (χ1v) is 7.16.